The molecule has 5 nitrogen and oxygen atoms in total. The van der Waals surface area contributed by atoms with Gasteiger partial charge in [0.15, 0.2) is 0 Å². The summed E-state index contributed by atoms with van der Waals surface area (Å²) in [6.07, 6.45) is 0. The summed E-state index contributed by atoms with van der Waals surface area (Å²) in [7, 11) is 0.344. The Balaban J connectivity index is 2.39. The molecular weight excluding hydrogens is 240 g/mol. The van der Waals surface area contributed by atoms with Gasteiger partial charge in [-0.3, -0.25) is 9.00 Å². The van der Waals surface area contributed by atoms with Crippen LogP contribution in [0.3, 0.4) is 0 Å². The zero-order valence-electron chi connectivity index (χ0n) is 9.64. The second kappa shape index (κ2) is 7.03. The number of benzene rings is 1. The number of amides is 1. The Morgan fingerprint density at radius 2 is 2.06 bits per heavy atom. The van der Waals surface area contributed by atoms with Crippen molar-refractivity contribution in [3.63, 3.8) is 0 Å². The first-order chi connectivity index (χ1) is 8.11. The number of hydrogen-bond acceptors (Lipinski definition) is 4. The van der Waals surface area contributed by atoms with Crippen molar-refractivity contribution in [2.75, 3.05) is 36.3 Å². The van der Waals surface area contributed by atoms with Crippen LogP contribution in [0.5, 0.6) is 0 Å². The third kappa shape index (κ3) is 5.46. The van der Waals surface area contributed by atoms with Gasteiger partial charge in [0.05, 0.1) is 6.61 Å². The molecule has 0 aromatic heterocycles. The molecule has 0 saturated heterocycles. The molecule has 1 aromatic carbocycles. The third-order valence-corrected chi connectivity index (χ3v) is 3.21. The summed E-state index contributed by atoms with van der Waals surface area (Å²) in [4.78, 5) is 11.5. The van der Waals surface area contributed by atoms with Crippen molar-refractivity contribution in [2.24, 2.45) is 0 Å². The molecule has 0 aliphatic carbocycles. The number of nitrogens with one attached hydrogen (secondary N) is 1. The van der Waals surface area contributed by atoms with E-state index in [4.69, 9.17) is 10.5 Å². The van der Waals surface area contributed by atoms with Crippen LogP contribution in [0.1, 0.15) is 0 Å². The fourth-order valence-electron chi connectivity index (χ4n) is 1.16. The molecule has 0 aliphatic rings. The van der Waals surface area contributed by atoms with Crippen LogP contribution in [0.4, 0.5) is 11.4 Å². The Morgan fingerprint density at radius 1 is 1.41 bits per heavy atom. The van der Waals surface area contributed by atoms with Gasteiger partial charge in [-0.15, -0.1) is 0 Å². The topological polar surface area (TPSA) is 81.4 Å². The average molecular weight is 256 g/mol. The molecule has 0 heterocycles. The Hall–Kier alpha value is -1.40. The monoisotopic (exact) mass is 256 g/mol. The second-order valence-corrected chi connectivity index (χ2v) is 5.03. The number of anilines is 2. The van der Waals surface area contributed by atoms with Gasteiger partial charge < -0.3 is 15.8 Å². The Morgan fingerprint density at radius 3 is 2.65 bits per heavy atom. The summed E-state index contributed by atoms with van der Waals surface area (Å²) in [5, 5.41) is 2.65. The molecule has 0 bridgehead atoms. The van der Waals surface area contributed by atoms with Crippen molar-refractivity contribution >= 4 is 28.1 Å². The lowest BCUT2D eigenvalue weighted by Crippen LogP contribution is -2.21. The molecule has 1 amide bonds. The van der Waals surface area contributed by atoms with E-state index >= 15 is 0 Å². The Labute approximate surface area is 103 Å². The zero-order valence-corrected chi connectivity index (χ0v) is 10.5. The minimum absolute atomic E-state index is 0.0201. The van der Waals surface area contributed by atoms with Gasteiger partial charge in [-0.05, 0) is 24.3 Å². The van der Waals surface area contributed by atoms with Gasteiger partial charge in [-0.2, -0.15) is 0 Å². The van der Waals surface area contributed by atoms with Gasteiger partial charge in [-0.1, -0.05) is 0 Å². The van der Waals surface area contributed by atoms with E-state index in [9.17, 15) is 9.00 Å². The van der Waals surface area contributed by atoms with Crippen LogP contribution in [0.2, 0.25) is 0 Å². The highest BCUT2D eigenvalue weighted by atomic mass is 32.2. The number of carbonyl (C=O) groups is 1. The molecule has 1 unspecified atom stereocenters. The van der Waals surface area contributed by atoms with Crippen molar-refractivity contribution in [3.05, 3.63) is 24.3 Å². The fourth-order valence-corrected chi connectivity index (χ4v) is 2.02. The average Bonchev–Trinajstić information content (AvgIpc) is 2.29. The summed E-state index contributed by atoms with van der Waals surface area (Å²) in [6, 6.07) is 6.78. The van der Waals surface area contributed by atoms with Gasteiger partial charge in [0, 0.05) is 35.0 Å². The van der Waals surface area contributed by atoms with Gasteiger partial charge in [-0.25, -0.2) is 0 Å². The minimum Gasteiger partial charge on any atom is -0.399 e. The zero-order chi connectivity index (χ0) is 12.7. The van der Waals surface area contributed by atoms with E-state index in [1.165, 1.54) is 7.11 Å². The largest absolute Gasteiger partial charge is 0.399 e. The van der Waals surface area contributed by atoms with Crippen LogP contribution < -0.4 is 11.1 Å². The second-order valence-electron chi connectivity index (χ2n) is 3.45. The van der Waals surface area contributed by atoms with Gasteiger partial charge in [0.25, 0.3) is 0 Å². The number of methoxy groups -OCH3 is 1. The fraction of sp³-hybridized carbons (Fsp3) is 0.364. The van der Waals surface area contributed by atoms with Gasteiger partial charge in [0.2, 0.25) is 5.91 Å². The maximum Gasteiger partial charge on any atom is 0.236 e. The highest BCUT2D eigenvalue weighted by molar-refractivity contribution is 7.85. The predicted octanol–water partition coefficient (Wildman–Crippen LogP) is 0.602. The summed E-state index contributed by atoms with van der Waals surface area (Å²) < 4.78 is 16.2. The smallest absolute Gasteiger partial charge is 0.236 e. The SMILES string of the molecule is COCCS(=O)CC(=O)Nc1ccc(N)cc1. The van der Waals surface area contributed by atoms with Crippen LogP contribution in [0.15, 0.2) is 24.3 Å². The molecule has 3 N–H and O–H groups in total. The van der Waals surface area contributed by atoms with Crippen molar-refractivity contribution in [1.29, 1.82) is 0 Å². The molecule has 17 heavy (non-hydrogen) atoms. The predicted molar refractivity (Wildman–Crippen MR) is 69.2 cm³/mol. The van der Waals surface area contributed by atoms with Gasteiger partial charge >= 0.3 is 0 Å². The molecule has 94 valence electrons. The van der Waals surface area contributed by atoms with Crippen molar-refractivity contribution in [2.45, 2.75) is 0 Å². The van der Waals surface area contributed by atoms with Crippen molar-refractivity contribution in [3.8, 4) is 0 Å². The first-order valence-electron chi connectivity index (χ1n) is 5.11. The lowest BCUT2D eigenvalue weighted by atomic mass is 10.3. The van der Waals surface area contributed by atoms with E-state index in [0.717, 1.165) is 0 Å². The number of hydrogen-bond donors (Lipinski definition) is 2. The number of carbonyl (C=O) groups excluding carboxylic acids is 1. The normalized spacial score (nSPS) is 12.1. The maximum absolute atomic E-state index is 11.5. The molecule has 6 heteroatoms. The lowest BCUT2D eigenvalue weighted by molar-refractivity contribution is -0.113. The quantitative estimate of drug-likeness (QED) is 0.730. The van der Waals surface area contributed by atoms with E-state index < -0.39 is 10.8 Å². The van der Waals surface area contributed by atoms with Crippen LogP contribution in [-0.2, 0) is 20.3 Å². The third-order valence-electron chi connectivity index (χ3n) is 2.00. The lowest BCUT2D eigenvalue weighted by Gasteiger charge is -2.05. The van der Waals surface area contributed by atoms with Crippen LogP contribution in [-0.4, -0.2) is 35.3 Å². The number of rotatable bonds is 6. The van der Waals surface area contributed by atoms with Crippen LogP contribution >= 0.6 is 0 Å². The van der Waals surface area contributed by atoms with Crippen molar-refractivity contribution in [1.82, 2.24) is 0 Å². The number of ether oxygens (including phenoxy) is 1. The number of nitrogens with two attached hydrogens (primary N) is 1. The molecule has 0 fully saturated rings. The van der Waals surface area contributed by atoms with E-state index in [2.05, 4.69) is 5.32 Å². The first kappa shape index (κ1) is 13.7. The summed E-state index contributed by atoms with van der Waals surface area (Å²) in [5.41, 5.74) is 6.80. The summed E-state index contributed by atoms with van der Waals surface area (Å²) >= 11 is 0. The van der Waals surface area contributed by atoms with E-state index in [-0.39, 0.29) is 11.7 Å². The Bertz CT molecular complexity index is 392. The van der Waals surface area contributed by atoms with E-state index in [0.29, 0.717) is 23.7 Å². The minimum atomic E-state index is -1.19. The molecule has 0 saturated carbocycles. The summed E-state index contributed by atoms with van der Waals surface area (Å²) in [5.74, 6) is 0.0727. The molecule has 1 rings (SSSR count). The van der Waals surface area contributed by atoms with E-state index in [1.54, 1.807) is 24.3 Å². The molecule has 0 radical (unpaired) electrons. The van der Waals surface area contributed by atoms with E-state index in [1.807, 2.05) is 0 Å². The molecule has 0 aliphatic heterocycles. The van der Waals surface area contributed by atoms with Crippen LogP contribution in [0.25, 0.3) is 0 Å². The highest BCUT2D eigenvalue weighted by Gasteiger charge is 2.07. The van der Waals surface area contributed by atoms with Crippen LogP contribution in [0, 0.1) is 0 Å². The number of nitrogen functional groups attached to an aromatic ring is 1. The molecule has 1 aromatic rings. The first-order valence-corrected chi connectivity index (χ1v) is 6.60. The molecular formula is C11H16N2O3S. The Kier molecular flexibility index (Phi) is 5.65. The standard InChI is InChI=1S/C11H16N2O3S/c1-16-6-7-17(15)8-11(14)13-10-4-2-9(12)3-5-10/h2-5H,6-8,12H2,1H3,(H,13,14). The van der Waals surface area contributed by atoms with Gasteiger partial charge in [0.1, 0.15) is 5.75 Å². The molecule has 0 spiro atoms. The van der Waals surface area contributed by atoms with Crippen molar-refractivity contribution < 1.29 is 13.7 Å². The molecule has 1 atom stereocenters. The highest BCUT2D eigenvalue weighted by Crippen LogP contribution is 2.10. The maximum atomic E-state index is 11.5. The summed E-state index contributed by atoms with van der Waals surface area (Å²) in [6.45, 7) is 0.391.